The van der Waals surface area contributed by atoms with Crippen molar-refractivity contribution in [3.05, 3.63) is 28.2 Å². The van der Waals surface area contributed by atoms with Gasteiger partial charge in [0.25, 0.3) is 0 Å². The summed E-state index contributed by atoms with van der Waals surface area (Å²) >= 11 is 3.47. The molecule has 1 atom stereocenters. The molecule has 1 aromatic rings. The van der Waals surface area contributed by atoms with Crippen LogP contribution in [0.3, 0.4) is 0 Å². The average Bonchev–Trinajstić information content (AvgIpc) is 2.33. The lowest BCUT2D eigenvalue weighted by Gasteiger charge is -2.14. The summed E-state index contributed by atoms with van der Waals surface area (Å²) in [5, 5.41) is 0. The van der Waals surface area contributed by atoms with Crippen LogP contribution in [0, 0.1) is 0 Å². The van der Waals surface area contributed by atoms with Gasteiger partial charge in [-0.1, -0.05) is 54.6 Å². The van der Waals surface area contributed by atoms with Gasteiger partial charge in [-0.3, -0.25) is 0 Å². The fourth-order valence-electron chi connectivity index (χ4n) is 1.90. The van der Waals surface area contributed by atoms with Crippen LogP contribution in [-0.2, 0) is 0 Å². The Morgan fingerprint density at radius 2 is 1.94 bits per heavy atom. The Kier molecular flexibility index (Phi) is 7.36. The maximum atomic E-state index is 5.94. The van der Waals surface area contributed by atoms with E-state index >= 15 is 0 Å². The fraction of sp³-hybridized carbons (Fsp3) is 0.600. The maximum Gasteiger partial charge on any atom is 0.125 e. The first kappa shape index (κ1) is 15.5. The largest absolute Gasteiger partial charge is 0.493 e. The molecule has 0 aliphatic heterocycles. The Hall–Kier alpha value is -0.540. The number of benzene rings is 1. The molecule has 0 amide bonds. The molecule has 102 valence electrons. The van der Waals surface area contributed by atoms with E-state index < -0.39 is 0 Å². The highest BCUT2D eigenvalue weighted by atomic mass is 79.9. The van der Waals surface area contributed by atoms with Gasteiger partial charge in [-0.05, 0) is 25.5 Å². The molecule has 0 aliphatic carbocycles. The van der Waals surface area contributed by atoms with Crippen molar-refractivity contribution < 1.29 is 4.74 Å². The average molecular weight is 314 g/mol. The van der Waals surface area contributed by atoms with Gasteiger partial charge >= 0.3 is 0 Å². The van der Waals surface area contributed by atoms with E-state index in [9.17, 15) is 0 Å². The number of unbranched alkanes of at least 4 members (excludes halogenated alkanes) is 4. The van der Waals surface area contributed by atoms with Crippen molar-refractivity contribution in [1.82, 2.24) is 0 Å². The number of halogens is 1. The first-order valence-electron chi connectivity index (χ1n) is 6.83. The van der Waals surface area contributed by atoms with Crippen LogP contribution in [0.5, 0.6) is 5.75 Å². The van der Waals surface area contributed by atoms with Crippen molar-refractivity contribution in [3.8, 4) is 5.75 Å². The smallest absolute Gasteiger partial charge is 0.125 e. The van der Waals surface area contributed by atoms with E-state index in [4.69, 9.17) is 10.5 Å². The third-order valence-electron chi connectivity index (χ3n) is 2.97. The monoisotopic (exact) mass is 313 g/mol. The second kappa shape index (κ2) is 8.54. The van der Waals surface area contributed by atoms with Gasteiger partial charge in [-0.2, -0.15) is 0 Å². The van der Waals surface area contributed by atoms with Crippen LogP contribution in [-0.4, -0.2) is 6.61 Å². The Morgan fingerprint density at radius 1 is 1.22 bits per heavy atom. The van der Waals surface area contributed by atoms with Crippen LogP contribution >= 0.6 is 15.9 Å². The molecule has 1 rings (SSSR count). The number of hydrogen-bond donors (Lipinski definition) is 1. The second-order valence-corrected chi connectivity index (χ2v) is 5.65. The van der Waals surface area contributed by atoms with E-state index in [-0.39, 0.29) is 6.04 Å². The van der Waals surface area contributed by atoms with Gasteiger partial charge in [0.05, 0.1) is 6.61 Å². The Labute approximate surface area is 119 Å². The van der Waals surface area contributed by atoms with Crippen LogP contribution in [0.4, 0.5) is 0 Å². The second-order valence-electron chi connectivity index (χ2n) is 4.73. The molecule has 0 fully saturated rings. The Morgan fingerprint density at radius 3 is 2.61 bits per heavy atom. The van der Waals surface area contributed by atoms with Crippen LogP contribution < -0.4 is 10.5 Å². The van der Waals surface area contributed by atoms with Gasteiger partial charge in [0.2, 0.25) is 0 Å². The molecule has 18 heavy (non-hydrogen) atoms. The first-order chi connectivity index (χ1) is 8.65. The summed E-state index contributed by atoms with van der Waals surface area (Å²) in [5.74, 6) is 0.912. The fourth-order valence-corrected chi connectivity index (χ4v) is 2.24. The highest BCUT2D eigenvalue weighted by Crippen LogP contribution is 2.27. The van der Waals surface area contributed by atoms with E-state index in [1.54, 1.807) is 0 Å². The molecule has 2 nitrogen and oxygen atoms in total. The molecule has 0 radical (unpaired) electrons. The molecule has 3 heteroatoms. The first-order valence-corrected chi connectivity index (χ1v) is 7.62. The van der Waals surface area contributed by atoms with Gasteiger partial charge in [0.15, 0.2) is 0 Å². The lowest BCUT2D eigenvalue weighted by atomic mass is 10.1. The van der Waals surface area contributed by atoms with Crippen molar-refractivity contribution in [2.75, 3.05) is 6.61 Å². The molecule has 0 bridgehead atoms. The Bertz CT molecular complexity index is 352. The van der Waals surface area contributed by atoms with Crippen LogP contribution in [0.2, 0.25) is 0 Å². The minimum absolute atomic E-state index is 0.00758. The number of ether oxygens (including phenoxy) is 1. The molecule has 2 N–H and O–H groups in total. The molecule has 1 aromatic carbocycles. The van der Waals surface area contributed by atoms with E-state index in [2.05, 4.69) is 22.9 Å². The van der Waals surface area contributed by atoms with E-state index in [0.717, 1.165) is 28.8 Å². The summed E-state index contributed by atoms with van der Waals surface area (Å²) in [7, 11) is 0. The third-order valence-corrected chi connectivity index (χ3v) is 3.46. The minimum atomic E-state index is 0.00758. The maximum absolute atomic E-state index is 5.94. The normalized spacial score (nSPS) is 12.4. The summed E-state index contributed by atoms with van der Waals surface area (Å²) in [6.07, 6.45) is 6.27. The van der Waals surface area contributed by atoms with Gasteiger partial charge in [-0.25, -0.2) is 0 Å². The molecule has 0 heterocycles. The number of nitrogens with two attached hydrogens (primary N) is 1. The molecule has 0 unspecified atom stereocenters. The van der Waals surface area contributed by atoms with E-state index in [1.807, 2.05) is 25.1 Å². The van der Waals surface area contributed by atoms with Gasteiger partial charge in [-0.15, -0.1) is 0 Å². The minimum Gasteiger partial charge on any atom is -0.493 e. The SMILES string of the molecule is CCCCCCCOc1cc(Br)ccc1[C@H](C)N. The van der Waals surface area contributed by atoms with Gasteiger partial charge < -0.3 is 10.5 Å². The van der Waals surface area contributed by atoms with Crippen LogP contribution in [0.15, 0.2) is 22.7 Å². The molecule has 0 aromatic heterocycles. The highest BCUT2D eigenvalue weighted by molar-refractivity contribution is 9.10. The predicted octanol–water partition coefficient (Wildman–Crippen LogP) is 4.82. The Balaban J connectivity index is 2.43. The topological polar surface area (TPSA) is 35.2 Å². The van der Waals surface area contributed by atoms with Crippen molar-refractivity contribution in [3.63, 3.8) is 0 Å². The summed E-state index contributed by atoms with van der Waals surface area (Å²) < 4.78 is 6.88. The summed E-state index contributed by atoms with van der Waals surface area (Å²) in [6.45, 7) is 4.99. The molecular weight excluding hydrogens is 290 g/mol. The van der Waals surface area contributed by atoms with Gasteiger partial charge in [0, 0.05) is 16.1 Å². The number of hydrogen-bond acceptors (Lipinski definition) is 2. The van der Waals surface area contributed by atoms with Crippen molar-refractivity contribution in [1.29, 1.82) is 0 Å². The standard InChI is InChI=1S/C15H24BrNO/c1-3-4-5-6-7-10-18-15-11-13(16)8-9-14(15)12(2)17/h8-9,11-12H,3-7,10,17H2,1-2H3/t12-/m0/s1. The zero-order valence-electron chi connectivity index (χ0n) is 11.4. The van der Waals surface area contributed by atoms with Gasteiger partial charge in [0.1, 0.15) is 5.75 Å². The molecule has 0 saturated carbocycles. The van der Waals surface area contributed by atoms with Crippen molar-refractivity contribution in [2.45, 2.75) is 52.0 Å². The van der Waals surface area contributed by atoms with E-state index in [1.165, 1.54) is 25.7 Å². The lowest BCUT2D eigenvalue weighted by Crippen LogP contribution is -2.08. The van der Waals surface area contributed by atoms with Crippen molar-refractivity contribution >= 4 is 15.9 Å². The summed E-state index contributed by atoms with van der Waals surface area (Å²) in [6, 6.07) is 6.05. The van der Waals surface area contributed by atoms with Crippen LogP contribution in [0.25, 0.3) is 0 Å². The lowest BCUT2D eigenvalue weighted by molar-refractivity contribution is 0.300. The molecule has 0 saturated heterocycles. The number of rotatable bonds is 8. The van der Waals surface area contributed by atoms with E-state index in [0.29, 0.717) is 0 Å². The molecule has 0 aliphatic rings. The zero-order chi connectivity index (χ0) is 13.4. The zero-order valence-corrected chi connectivity index (χ0v) is 13.0. The third kappa shape index (κ3) is 5.40. The highest BCUT2D eigenvalue weighted by Gasteiger charge is 2.08. The van der Waals surface area contributed by atoms with Crippen LogP contribution in [0.1, 0.15) is 57.6 Å². The molecule has 0 spiro atoms. The summed E-state index contributed by atoms with van der Waals surface area (Å²) in [4.78, 5) is 0. The summed E-state index contributed by atoms with van der Waals surface area (Å²) in [5.41, 5.74) is 7.01. The quantitative estimate of drug-likeness (QED) is 0.698. The van der Waals surface area contributed by atoms with Crippen molar-refractivity contribution in [2.24, 2.45) is 5.73 Å². The molecular formula is C15H24BrNO. The predicted molar refractivity (Wildman–Crippen MR) is 81.0 cm³/mol.